The van der Waals surface area contributed by atoms with Crippen molar-refractivity contribution in [3.05, 3.63) is 44.9 Å². The highest BCUT2D eigenvalue weighted by Gasteiger charge is 2.21. The first-order valence-electron chi connectivity index (χ1n) is 7.26. The number of thiazole rings is 1. The van der Waals surface area contributed by atoms with Gasteiger partial charge in [0, 0.05) is 23.5 Å². The molecule has 2 aromatic rings. The highest BCUT2D eigenvalue weighted by Crippen LogP contribution is 2.22. The molecule has 1 aliphatic heterocycles. The number of amides is 1. The monoisotopic (exact) mass is 336 g/mol. The van der Waals surface area contributed by atoms with Crippen LogP contribution >= 0.6 is 22.9 Å². The van der Waals surface area contributed by atoms with Gasteiger partial charge >= 0.3 is 0 Å². The third kappa shape index (κ3) is 3.42. The molecule has 0 aliphatic carbocycles. The number of benzene rings is 1. The van der Waals surface area contributed by atoms with Gasteiger partial charge in [-0.25, -0.2) is 4.98 Å². The van der Waals surface area contributed by atoms with E-state index in [4.69, 9.17) is 16.3 Å². The summed E-state index contributed by atoms with van der Waals surface area (Å²) in [6.45, 7) is 3.98. The maximum absolute atomic E-state index is 12.2. The molecule has 1 aromatic heterocycles. The van der Waals surface area contributed by atoms with Crippen molar-refractivity contribution >= 4 is 28.8 Å². The number of nitrogens with zero attached hydrogens (tertiary/aromatic N) is 2. The second-order valence-corrected chi connectivity index (χ2v) is 6.68. The van der Waals surface area contributed by atoms with Crippen LogP contribution in [0.25, 0.3) is 0 Å². The minimum atomic E-state index is 0.0299. The lowest BCUT2D eigenvalue weighted by Gasteiger charge is -2.12. The molecule has 22 heavy (non-hydrogen) atoms. The van der Waals surface area contributed by atoms with Crippen LogP contribution in [0.5, 0.6) is 5.75 Å². The maximum Gasteiger partial charge on any atom is 0.273 e. The van der Waals surface area contributed by atoms with Gasteiger partial charge in [-0.1, -0.05) is 11.6 Å². The number of hydrogen-bond donors (Lipinski definition) is 0. The van der Waals surface area contributed by atoms with E-state index in [1.807, 2.05) is 35.4 Å². The highest BCUT2D eigenvalue weighted by atomic mass is 35.5. The number of aromatic nitrogens is 1. The van der Waals surface area contributed by atoms with Gasteiger partial charge in [-0.2, -0.15) is 0 Å². The van der Waals surface area contributed by atoms with Crippen molar-refractivity contribution in [1.29, 1.82) is 0 Å². The summed E-state index contributed by atoms with van der Waals surface area (Å²) in [6, 6.07) is 5.54. The Morgan fingerprint density at radius 1 is 1.41 bits per heavy atom. The third-order valence-corrected chi connectivity index (χ3v) is 4.90. The standard InChI is InChI=1S/C16H17ClN2O2S/c1-11-8-12(4-5-13(11)17)21-9-15-18-14(10-22-15)16(20)19-6-2-3-7-19/h4-5,8,10H,2-3,6-7,9H2,1H3. The smallest absolute Gasteiger partial charge is 0.273 e. The molecule has 116 valence electrons. The Morgan fingerprint density at radius 2 is 2.18 bits per heavy atom. The van der Waals surface area contributed by atoms with E-state index in [0.717, 1.165) is 47.3 Å². The quantitative estimate of drug-likeness (QED) is 0.849. The molecule has 0 N–H and O–H groups in total. The number of aryl methyl sites for hydroxylation is 1. The molecule has 2 heterocycles. The van der Waals surface area contributed by atoms with Gasteiger partial charge in [0.2, 0.25) is 0 Å². The van der Waals surface area contributed by atoms with Crippen molar-refractivity contribution in [3.8, 4) is 5.75 Å². The van der Waals surface area contributed by atoms with E-state index >= 15 is 0 Å². The van der Waals surface area contributed by atoms with Gasteiger partial charge in [0.25, 0.3) is 5.91 Å². The minimum absolute atomic E-state index is 0.0299. The van der Waals surface area contributed by atoms with Crippen LogP contribution in [0.4, 0.5) is 0 Å². The molecule has 3 rings (SSSR count). The Hall–Kier alpha value is -1.59. The Morgan fingerprint density at radius 3 is 2.91 bits per heavy atom. The van der Waals surface area contributed by atoms with Crippen LogP contribution in [0.1, 0.15) is 33.9 Å². The zero-order valence-corrected chi connectivity index (χ0v) is 13.9. The SMILES string of the molecule is Cc1cc(OCc2nc(C(=O)N3CCCC3)cs2)ccc1Cl. The molecule has 0 spiro atoms. The van der Waals surface area contributed by atoms with Gasteiger partial charge in [0.1, 0.15) is 23.1 Å². The van der Waals surface area contributed by atoms with E-state index in [-0.39, 0.29) is 5.91 Å². The molecule has 0 saturated carbocycles. The van der Waals surface area contributed by atoms with E-state index in [0.29, 0.717) is 12.3 Å². The van der Waals surface area contributed by atoms with E-state index in [9.17, 15) is 4.79 Å². The van der Waals surface area contributed by atoms with Crippen LogP contribution in [0, 0.1) is 6.92 Å². The molecular formula is C16H17ClN2O2S. The van der Waals surface area contributed by atoms with Crippen LogP contribution in [-0.2, 0) is 6.61 Å². The zero-order chi connectivity index (χ0) is 15.5. The molecular weight excluding hydrogens is 320 g/mol. The molecule has 4 nitrogen and oxygen atoms in total. The largest absolute Gasteiger partial charge is 0.486 e. The van der Waals surface area contributed by atoms with Gasteiger partial charge in [-0.05, 0) is 43.5 Å². The third-order valence-electron chi connectivity index (χ3n) is 3.66. The molecule has 0 bridgehead atoms. The lowest BCUT2D eigenvalue weighted by Crippen LogP contribution is -2.27. The normalized spacial score (nSPS) is 14.4. The molecule has 0 radical (unpaired) electrons. The van der Waals surface area contributed by atoms with Crippen molar-refractivity contribution in [2.75, 3.05) is 13.1 Å². The number of carbonyl (C=O) groups is 1. The summed E-state index contributed by atoms with van der Waals surface area (Å²) >= 11 is 7.44. The number of carbonyl (C=O) groups excluding carboxylic acids is 1. The first kappa shape index (κ1) is 15.3. The van der Waals surface area contributed by atoms with Crippen molar-refractivity contribution < 1.29 is 9.53 Å². The molecule has 1 amide bonds. The number of halogens is 1. The second kappa shape index (κ2) is 6.67. The van der Waals surface area contributed by atoms with Crippen LogP contribution < -0.4 is 4.74 Å². The van der Waals surface area contributed by atoms with Crippen molar-refractivity contribution in [1.82, 2.24) is 9.88 Å². The first-order valence-corrected chi connectivity index (χ1v) is 8.52. The van der Waals surface area contributed by atoms with Gasteiger partial charge in [0.05, 0.1) is 0 Å². The maximum atomic E-state index is 12.2. The highest BCUT2D eigenvalue weighted by molar-refractivity contribution is 7.09. The molecule has 1 fully saturated rings. The van der Waals surface area contributed by atoms with E-state index in [1.54, 1.807) is 0 Å². The molecule has 0 atom stereocenters. The van der Waals surface area contributed by atoms with Gasteiger partial charge < -0.3 is 9.64 Å². The van der Waals surface area contributed by atoms with Crippen LogP contribution in [0.15, 0.2) is 23.6 Å². The lowest BCUT2D eigenvalue weighted by molar-refractivity contribution is 0.0787. The van der Waals surface area contributed by atoms with Crippen molar-refractivity contribution in [2.45, 2.75) is 26.4 Å². The summed E-state index contributed by atoms with van der Waals surface area (Å²) in [5.74, 6) is 0.784. The predicted octanol–water partition coefficient (Wildman–Crippen LogP) is 3.92. The van der Waals surface area contributed by atoms with E-state index < -0.39 is 0 Å². The molecule has 0 unspecified atom stereocenters. The first-order chi connectivity index (χ1) is 10.6. The van der Waals surface area contributed by atoms with Crippen molar-refractivity contribution in [2.24, 2.45) is 0 Å². The van der Waals surface area contributed by atoms with Gasteiger partial charge in [-0.15, -0.1) is 11.3 Å². The summed E-state index contributed by atoms with van der Waals surface area (Å²) in [5, 5.41) is 3.34. The summed E-state index contributed by atoms with van der Waals surface area (Å²) in [4.78, 5) is 18.5. The Bertz CT molecular complexity index is 681. The second-order valence-electron chi connectivity index (χ2n) is 5.33. The van der Waals surface area contributed by atoms with E-state index in [2.05, 4.69) is 4.98 Å². The Labute approximate surface area is 138 Å². The van der Waals surface area contributed by atoms with Crippen molar-refractivity contribution in [3.63, 3.8) is 0 Å². The Balaban J connectivity index is 1.61. The Kier molecular flexibility index (Phi) is 4.64. The molecule has 1 saturated heterocycles. The number of ether oxygens (including phenoxy) is 1. The van der Waals surface area contributed by atoms with Crippen LogP contribution in [0.3, 0.4) is 0 Å². The minimum Gasteiger partial charge on any atom is -0.486 e. The fourth-order valence-electron chi connectivity index (χ4n) is 2.41. The number of hydrogen-bond acceptors (Lipinski definition) is 4. The predicted molar refractivity (Wildman–Crippen MR) is 87.8 cm³/mol. The zero-order valence-electron chi connectivity index (χ0n) is 12.3. The fraction of sp³-hybridized carbons (Fsp3) is 0.375. The fourth-order valence-corrected chi connectivity index (χ4v) is 3.21. The van der Waals surface area contributed by atoms with Crippen LogP contribution in [0.2, 0.25) is 5.02 Å². The van der Waals surface area contributed by atoms with E-state index in [1.165, 1.54) is 11.3 Å². The van der Waals surface area contributed by atoms with Crippen LogP contribution in [-0.4, -0.2) is 28.9 Å². The van der Waals surface area contributed by atoms with Gasteiger partial charge in [-0.3, -0.25) is 4.79 Å². The average molecular weight is 337 g/mol. The topological polar surface area (TPSA) is 42.4 Å². The molecule has 6 heteroatoms. The summed E-state index contributed by atoms with van der Waals surface area (Å²) in [6.07, 6.45) is 2.17. The summed E-state index contributed by atoms with van der Waals surface area (Å²) < 4.78 is 5.71. The number of rotatable bonds is 4. The molecule has 1 aliphatic rings. The molecule has 1 aromatic carbocycles. The summed E-state index contributed by atoms with van der Waals surface area (Å²) in [5.41, 5.74) is 1.50. The average Bonchev–Trinajstić information content (AvgIpc) is 3.19. The lowest BCUT2D eigenvalue weighted by atomic mass is 10.2. The summed E-state index contributed by atoms with van der Waals surface area (Å²) in [7, 11) is 0. The number of likely N-dealkylation sites (tertiary alicyclic amines) is 1. The van der Waals surface area contributed by atoms with Gasteiger partial charge in [0.15, 0.2) is 0 Å².